The lowest BCUT2D eigenvalue weighted by Crippen LogP contribution is -2.53. The number of nitrogens with one attached hydrogen (secondary N) is 1. The van der Waals surface area contributed by atoms with Gasteiger partial charge in [0.15, 0.2) is 0 Å². The summed E-state index contributed by atoms with van der Waals surface area (Å²) in [6.45, 7) is 3.36. The van der Waals surface area contributed by atoms with E-state index in [9.17, 15) is 0 Å². The molecule has 0 saturated heterocycles. The fourth-order valence-electron chi connectivity index (χ4n) is 3.68. The lowest BCUT2D eigenvalue weighted by molar-refractivity contribution is 0.0801. The van der Waals surface area contributed by atoms with Crippen LogP contribution >= 0.6 is 11.3 Å². The monoisotopic (exact) mass is 294 g/mol. The van der Waals surface area contributed by atoms with Crippen molar-refractivity contribution < 1.29 is 0 Å². The normalized spacial score (nSPS) is 20.8. The largest absolute Gasteiger partial charge is 0.308 e. The van der Waals surface area contributed by atoms with Crippen LogP contribution < -0.4 is 5.32 Å². The molecule has 1 aliphatic carbocycles. The van der Waals surface area contributed by atoms with Crippen LogP contribution in [0.1, 0.15) is 63.5 Å². The van der Waals surface area contributed by atoms with Gasteiger partial charge in [-0.15, -0.1) is 0 Å². The maximum atomic E-state index is 3.86. The van der Waals surface area contributed by atoms with E-state index in [1.54, 1.807) is 0 Å². The number of hydrogen-bond donors (Lipinski definition) is 1. The fraction of sp³-hybridized carbons (Fsp3) is 0.765. The second-order valence-corrected chi connectivity index (χ2v) is 7.14. The lowest BCUT2D eigenvalue weighted by atomic mass is 9.78. The van der Waals surface area contributed by atoms with Crippen molar-refractivity contribution in [3.8, 4) is 0 Å². The predicted octanol–water partition coefficient (Wildman–Crippen LogP) is 4.44. The Morgan fingerprint density at radius 1 is 1.25 bits per heavy atom. The molecule has 114 valence electrons. The first-order valence-electron chi connectivity index (χ1n) is 8.13. The second kappa shape index (κ2) is 7.58. The molecule has 2 rings (SSSR count). The van der Waals surface area contributed by atoms with Crippen molar-refractivity contribution in [1.82, 2.24) is 10.2 Å². The van der Waals surface area contributed by atoms with Crippen molar-refractivity contribution in [3.05, 3.63) is 22.4 Å². The first-order chi connectivity index (χ1) is 9.70. The van der Waals surface area contributed by atoms with E-state index in [1.807, 2.05) is 11.3 Å². The summed E-state index contributed by atoms with van der Waals surface area (Å²) in [4.78, 5) is 2.50. The van der Waals surface area contributed by atoms with Crippen LogP contribution in [0.25, 0.3) is 0 Å². The molecule has 1 aliphatic rings. The number of hydrogen-bond acceptors (Lipinski definition) is 3. The Balaban J connectivity index is 2.30. The average Bonchev–Trinajstić information content (AvgIpc) is 2.84. The van der Waals surface area contributed by atoms with Crippen LogP contribution in [0, 0.1) is 0 Å². The third kappa shape index (κ3) is 3.44. The maximum Gasteiger partial charge on any atom is 0.0515 e. The average molecular weight is 295 g/mol. The highest BCUT2D eigenvalue weighted by atomic mass is 32.1. The molecule has 0 amide bonds. The lowest BCUT2D eigenvalue weighted by Gasteiger charge is -2.46. The van der Waals surface area contributed by atoms with Crippen molar-refractivity contribution in [2.45, 2.75) is 63.5 Å². The third-order valence-corrected chi connectivity index (χ3v) is 5.57. The summed E-state index contributed by atoms with van der Waals surface area (Å²) in [5, 5.41) is 8.41. The van der Waals surface area contributed by atoms with Crippen molar-refractivity contribution in [2.75, 3.05) is 20.6 Å². The zero-order valence-electron chi connectivity index (χ0n) is 13.3. The molecule has 0 aliphatic heterocycles. The van der Waals surface area contributed by atoms with E-state index in [0.717, 1.165) is 6.54 Å². The van der Waals surface area contributed by atoms with Crippen molar-refractivity contribution >= 4 is 11.3 Å². The molecule has 20 heavy (non-hydrogen) atoms. The zero-order chi connectivity index (χ0) is 14.4. The summed E-state index contributed by atoms with van der Waals surface area (Å²) < 4.78 is 0. The van der Waals surface area contributed by atoms with Crippen LogP contribution in [-0.4, -0.2) is 31.1 Å². The van der Waals surface area contributed by atoms with Gasteiger partial charge in [-0.05, 0) is 62.3 Å². The maximum absolute atomic E-state index is 3.86. The van der Waals surface area contributed by atoms with Gasteiger partial charge in [-0.3, -0.25) is 0 Å². The quantitative estimate of drug-likeness (QED) is 0.780. The van der Waals surface area contributed by atoms with E-state index in [4.69, 9.17) is 0 Å². The van der Waals surface area contributed by atoms with E-state index in [0.29, 0.717) is 6.04 Å². The minimum atomic E-state index is 0.284. The Morgan fingerprint density at radius 3 is 2.45 bits per heavy atom. The highest BCUT2D eigenvalue weighted by Crippen LogP contribution is 2.41. The molecule has 1 atom stereocenters. The van der Waals surface area contributed by atoms with Gasteiger partial charge in [-0.25, -0.2) is 0 Å². The molecule has 2 nitrogen and oxygen atoms in total. The zero-order valence-corrected chi connectivity index (χ0v) is 14.1. The number of likely N-dealkylation sites (N-methyl/N-ethyl adjacent to an activating group) is 1. The molecule has 1 N–H and O–H groups in total. The molecular formula is C17H30N2S. The third-order valence-electron chi connectivity index (χ3n) is 4.87. The highest BCUT2D eigenvalue weighted by molar-refractivity contribution is 7.07. The number of rotatable bonds is 6. The highest BCUT2D eigenvalue weighted by Gasteiger charge is 2.41. The first-order valence-corrected chi connectivity index (χ1v) is 9.08. The van der Waals surface area contributed by atoms with Gasteiger partial charge in [0.2, 0.25) is 0 Å². The van der Waals surface area contributed by atoms with Gasteiger partial charge in [0.1, 0.15) is 0 Å². The van der Waals surface area contributed by atoms with Crippen molar-refractivity contribution in [2.24, 2.45) is 0 Å². The van der Waals surface area contributed by atoms with Crippen molar-refractivity contribution in [3.63, 3.8) is 0 Å². The minimum absolute atomic E-state index is 0.284. The molecule has 1 fully saturated rings. The molecule has 0 radical (unpaired) electrons. The summed E-state index contributed by atoms with van der Waals surface area (Å²) >= 11 is 1.82. The Bertz CT molecular complexity index is 364. The summed E-state index contributed by atoms with van der Waals surface area (Å²) in [5.41, 5.74) is 1.77. The van der Waals surface area contributed by atoms with Crippen LogP contribution in [0.3, 0.4) is 0 Å². The van der Waals surface area contributed by atoms with Gasteiger partial charge in [0.05, 0.1) is 6.04 Å². The molecule has 1 unspecified atom stereocenters. The summed E-state index contributed by atoms with van der Waals surface area (Å²) in [7, 11) is 4.55. The smallest absolute Gasteiger partial charge is 0.0515 e. The van der Waals surface area contributed by atoms with E-state index in [1.165, 1.54) is 50.5 Å². The minimum Gasteiger partial charge on any atom is -0.308 e. The van der Waals surface area contributed by atoms with Crippen LogP contribution in [0.5, 0.6) is 0 Å². The van der Waals surface area contributed by atoms with Crippen molar-refractivity contribution in [1.29, 1.82) is 0 Å². The van der Waals surface area contributed by atoms with E-state index in [2.05, 4.69) is 48.1 Å². The molecule has 1 aromatic heterocycles. The van der Waals surface area contributed by atoms with Gasteiger partial charge in [-0.2, -0.15) is 11.3 Å². The summed E-state index contributed by atoms with van der Waals surface area (Å²) in [5.74, 6) is 0. The molecule has 0 spiro atoms. The molecule has 3 heteroatoms. The Hall–Kier alpha value is -0.380. The first kappa shape index (κ1) is 16.0. The molecule has 0 aromatic carbocycles. The topological polar surface area (TPSA) is 15.3 Å². The van der Waals surface area contributed by atoms with Gasteiger partial charge < -0.3 is 10.2 Å². The Labute approximate surface area is 128 Å². The van der Waals surface area contributed by atoms with Gasteiger partial charge in [-0.1, -0.05) is 32.6 Å². The Kier molecular flexibility index (Phi) is 6.06. The second-order valence-electron chi connectivity index (χ2n) is 6.36. The Morgan fingerprint density at radius 2 is 1.95 bits per heavy atom. The summed E-state index contributed by atoms with van der Waals surface area (Å²) in [6, 6.07) is 2.79. The number of thiophene rings is 1. The molecule has 1 saturated carbocycles. The summed E-state index contributed by atoms with van der Waals surface area (Å²) in [6.07, 6.45) is 9.37. The van der Waals surface area contributed by atoms with E-state index >= 15 is 0 Å². The molecular weight excluding hydrogens is 264 g/mol. The van der Waals surface area contributed by atoms with Crippen LogP contribution in [0.4, 0.5) is 0 Å². The van der Waals surface area contributed by atoms with Gasteiger partial charge in [0, 0.05) is 5.54 Å². The molecule has 1 heterocycles. The van der Waals surface area contributed by atoms with Gasteiger partial charge in [0.25, 0.3) is 0 Å². The van der Waals surface area contributed by atoms with Crippen LogP contribution in [0.15, 0.2) is 16.8 Å². The predicted molar refractivity (Wildman–Crippen MR) is 89.5 cm³/mol. The standard InChI is InChI=1S/C17H30N2S/c1-4-12-18-16(15-9-13-20-14-15)17(19(2)3)10-7-5-6-8-11-17/h9,13-14,16,18H,4-8,10-12H2,1-3H3. The van der Waals surface area contributed by atoms with E-state index < -0.39 is 0 Å². The van der Waals surface area contributed by atoms with Gasteiger partial charge >= 0.3 is 0 Å². The van der Waals surface area contributed by atoms with E-state index in [-0.39, 0.29) is 5.54 Å². The molecule has 1 aromatic rings. The molecule has 0 bridgehead atoms. The fourth-order valence-corrected chi connectivity index (χ4v) is 4.37. The number of nitrogens with zero attached hydrogens (tertiary/aromatic N) is 1. The van der Waals surface area contributed by atoms with Crippen LogP contribution in [0.2, 0.25) is 0 Å². The SMILES string of the molecule is CCCNC(c1ccsc1)C1(N(C)C)CCCCCC1. The van der Waals surface area contributed by atoms with Crippen LogP contribution in [-0.2, 0) is 0 Å².